The number of amides is 1. The molecule has 1 heterocycles. The third-order valence-electron chi connectivity index (χ3n) is 3.97. The summed E-state index contributed by atoms with van der Waals surface area (Å²) in [5.74, 6) is 0.371. The van der Waals surface area contributed by atoms with Crippen molar-refractivity contribution in [2.45, 2.75) is 25.4 Å². The molecule has 1 atom stereocenters. The van der Waals surface area contributed by atoms with Gasteiger partial charge in [-0.2, -0.15) is 0 Å². The van der Waals surface area contributed by atoms with Crippen LogP contribution in [0, 0.1) is 0 Å². The molecular formula is C17H23NO6. The highest BCUT2D eigenvalue weighted by Gasteiger charge is 2.25. The van der Waals surface area contributed by atoms with E-state index in [9.17, 15) is 9.59 Å². The Balaban J connectivity index is 1.89. The highest BCUT2D eigenvalue weighted by atomic mass is 16.5. The fourth-order valence-corrected chi connectivity index (χ4v) is 2.71. The zero-order valence-corrected chi connectivity index (χ0v) is 14.0. The van der Waals surface area contributed by atoms with Crippen molar-refractivity contribution in [2.24, 2.45) is 0 Å². The van der Waals surface area contributed by atoms with Crippen LogP contribution in [-0.2, 0) is 20.7 Å². The standard InChI is InChI=1S/C17H23NO6/c1-22-14-5-3-12(9-15(14)23-2)4-6-16(19)18-7-8-24-13(11-18)10-17(20)21/h3,5,9,13H,4,6-8,10-11H2,1-2H3,(H,20,21). The number of ether oxygens (including phenoxy) is 3. The Kier molecular flexibility index (Phi) is 6.43. The lowest BCUT2D eigenvalue weighted by Gasteiger charge is -2.32. The molecule has 7 nitrogen and oxygen atoms in total. The van der Waals surface area contributed by atoms with Crippen molar-refractivity contribution in [2.75, 3.05) is 33.9 Å². The molecule has 1 aromatic rings. The van der Waals surface area contributed by atoms with Gasteiger partial charge in [-0.3, -0.25) is 9.59 Å². The molecule has 1 aliphatic rings. The maximum atomic E-state index is 12.3. The Bertz CT molecular complexity index is 588. The zero-order chi connectivity index (χ0) is 17.5. The molecule has 1 aliphatic heterocycles. The largest absolute Gasteiger partial charge is 0.493 e. The second kappa shape index (κ2) is 8.54. The molecule has 2 rings (SSSR count). The van der Waals surface area contributed by atoms with E-state index < -0.39 is 12.1 Å². The second-order valence-corrected chi connectivity index (χ2v) is 5.62. The Hall–Kier alpha value is -2.28. The van der Waals surface area contributed by atoms with E-state index in [0.29, 0.717) is 44.0 Å². The highest BCUT2D eigenvalue weighted by Crippen LogP contribution is 2.28. The molecule has 0 aromatic heterocycles. The number of carbonyl (C=O) groups is 2. The van der Waals surface area contributed by atoms with Gasteiger partial charge in [0.25, 0.3) is 0 Å². The van der Waals surface area contributed by atoms with E-state index in [2.05, 4.69) is 0 Å². The number of carboxylic acid groups (broad SMARTS) is 1. The molecule has 24 heavy (non-hydrogen) atoms. The van der Waals surface area contributed by atoms with Crippen LogP contribution < -0.4 is 9.47 Å². The SMILES string of the molecule is COc1ccc(CCC(=O)N2CCOC(CC(=O)O)C2)cc1OC. The van der Waals surface area contributed by atoms with Gasteiger partial charge in [-0.05, 0) is 24.1 Å². The van der Waals surface area contributed by atoms with E-state index in [1.807, 2.05) is 18.2 Å². The number of methoxy groups -OCH3 is 2. The molecule has 0 radical (unpaired) electrons. The molecule has 1 aromatic carbocycles. The third kappa shape index (κ3) is 4.86. The van der Waals surface area contributed by atoms with Crippen LogP contribution in [0.2, 0.25) is 0 Å². The summed E-state index contributed by atoms with van der Waals surface area (Å²) < 4.78 is 15.8. The summed E-state index contributed by atoms with van der Waals surface area (Å²) >= 11 is 0. The highest BCUT2D eigenvalue weighted by molar-refractivity contribution is 5.76. The van der Waals surface area contributed by atoms with Crippen LogP contribution in [0.5, 0.6) is 11.5 Å². The number of hydrogen-bond donors (Lipinski definition) is 1. The van der Waals surface area contributed by atoms with Crippen molar-refractivity contribution in [3.63, 3.8) is 0 Å². The lowest BCUT2D eigenvalue weighted by molar-refractivity contribution is -0.147. The van der Waals surface area contributed by atoms with Crippen molar-refractivity contribution in [1.82, 2.24) is 4.90 Å². The van der Waals surface area contributed by atoms with Crippen molar-refractivity contribution in [1.29, 1.82) is 0 Å². The smallest absolute Gasteiger partial charge is 0.306 e. The van der Waals surface area contributed by atoms with Gasteiger partial charge in [-0.25, -0.2) is 0 Å². The van der Waals surface area contributed by atoms with Crippen molar-refractivity contribution in [3.05, 3.63) is 23.8 Å². The van der Waals surface area contributed by atoms with Gasteiger partial charge in [-0.15, -0.1) is 0 Å². The molecule has 1 fully saturated rings. The predicted molar refractivity (Wildman–Crippen MR) is 86.4 cm³/mol. The van der Waals surface area contributed by atoms with E-state index in [1.54, 1.807) is 19.1 Å². The summed E-state index contributed by atoms with van der Waals surface area (Å²) in [7, 11) is 3.15. The van der Waals surface area contributed by atoms with Crippen molar-refractivity contribution in [3.8, 4) is 11.5 Å². The number of benzene rings is 1. The molecule has 0 bridgehead atoms. The number of aryl methyl sites for hydroxylation is 1. The van der Waals surface area contributed by atoms with Gasteiger partial charge >= 0.3 is 5.97 Å². The van der Waals surface area contributed by atoms with E-state index in [1.165, 1.54) is 0 Å². The minimum Gasteiger partial charge on any atom is -0.493 e. The molecule has 1 amide bonds. The fourth-order valence-electron chi connectivity index (χ4n) is 2.71. The van der Waals surface area contributed by atoms with E-state index in [4.69, 9.17) is 19.3 Å². The number of nitrogens with zero attached hydrogens (tertiary/aromatic N) is 1. The first-order valence-electron chi connectivity index (χ1n) is 7.85. The number of carboxylic acids is 1. The monoisotopic (exact) mass is 337 g/mol. The van der Waals surface area contributed by atoms with Gasteiger partial charge in [0, 0.05) is 19.5 Å². The summed E-state index contributed by atoms with van der Waals surface area (Å²) in [5.41, 5.74) is 0.983. The molecule has 132 valence electrons. The number of morpholine rings is 1. The van der Waals surface area contributed by atoms with E-state index in [-0.39, 0.29) is 12.3 Å². The molecule has 1 N–H and O–H groups in total. The molecule has 0 spiro atoms. The van der Waals surface area contributed by atoms with Crippen molar-refractivity contribution < 1.29 is 28.9 Å². The predicted octanol–water partition coefficient (Wildman–Crippen LogP) is 1.34. The summed E-state index contributed by atoms with van der Waals surface area (Å²) in [6.45, 7) is 1.21. The summed E-state index contributed by atoms with van der Waals surface area (Å²) in [6.07, 6.45) is 0.427. The molecule has 7 heteroatoms. The Labute approximate surface area is 141 Å². The van der Waals surface area contributed by atoms with Gasteiger partial charge in [0.05, 0.1) is 33.4 Å². The second-order valence-electron chi connectivity index (χ2n) is 5.62. The van der Waals surface area contributed by atoms with Crippen LogP contribution in [0.3, 0.4) is 0 Å². The minimum atomic E-state index is -0.917. The summed E-state index contributed by atoms with van der Waals surface area (Å²) in [6, 6.07) is 5.58. The van der Waals surface area contributed by atoms with Crippen molar-refractivity contribution >= 4 is 11.9 Å². The number of aliphatic carboxylic acids is 1. The van der Waals surface area contributed by atoms with Gasteiger partial charge in [-0.1, -0.05) is 6.07 Å². The zero-order valence-electron chi connectivity index (χ0n) is 14.0. The number of carbonyl (C=O) groups excluding carboxylic acids is 1. The van der Waals surface area contributed by atoms with Gasteiger partial charge in [0.2, 0.25) is 5.91 Å². The lowest BCUT2D eigenvalue weighted by Crippen LogP contribution is -2.46. The van der Waals surface area contributed by atoms with Gasteiger partial charge in [0.1, 0.15) is 0 Å². The maximum Gasteiger partial charge on any atom is 0.306 e. The number of hydrogen-bond acceptors (Lipinski definition) is 5. The topological polar surface area (TPSA) is 85.3 Å². The normalized spacial score (nSPS) is 17.4. The summed E-state index contributed by atoms with van der Waals surface area (Å²) in [5, 5.41) is 8.83. The number of rotatable bonds is 7. The van der Waals surface area contributed by atoms with Crippen LogP contribution in [0.15, 0.2) is 18.2 Å². The van der Waals surface area contributed by atoms with E-state index in [0.717, 1.165) is 5.56 Å². The average molecular weight is 337 g/mol. The van der Waals surface area contributed by atoms with Crippen LogP contribution in [0.4, 0.5) is 0 Å². The molecule has 0 aliphatic carbocycles. The van der Waals surface area contributed by atoms with Crippen LogP contribution in [0.1, 0.15) is 18.4 Å². The first-order chi connectivity index (χ1) is 11.5. The summed E-state index contributed by atoms with van der Waals surface area (Å²) in [4.78, 5) is 24.8. The fraction of sp³-hybridized carbons (Fsp3) is 0.529. The van der Waals surface area contributed by atoms with Gasteiger partial charge < -0.3 is 24.2 Å². The average Bonchev–Trinajstić information content (AvgIpc) is 2.59. The first kappa shape index (κ1) is 18.1. The molecule has 1 unspecified atom stereocenters. The van der Waals surface area contributed by atoms with Gasteiger partial charge in [0.15, 0.2) is 11.5 Å². The Morgan fingerprint density at radius 2 is 2.04 bits per heavy atom. The van der Waals surface area contributed by atoms with Crippen LogP contribution in [-0.4, -0.2) is 61.9 Å². The van der Waals surface area contributed by atoms with Crippen LogP contribution >= 0.6 is 0 Å². The lowest BCUT2D eigenvalue weighted by atomic mass is 10.1. The molecular weight excluding hydrogens is 314 g/mol. The molecule has 1 saturated heterocycles. The minimum absolute atomic E-state index is 0.00322. The first-order valence-corrected chi connectivity index (χ1v) is 7.85. The molecule has 0 saturated carbocycles. The Morgan fingerprint density at radius 3 is 2.71 bits per heavy atom. The Morgan fingerprint density at radius 1 is 1.29 bits per heavy atom. The quantitative estimate of drug-likeness (QED) is 0.808. The third-order valence-corrected chi connectivity index (χ3v) is 3.97. The maximum absolute atomic E-state index is 12.3. The van der Waals surface area contributed by atoms with E-state index >= 15 is 0 Å². The van der Waals surface area contributed by atoms with Crippen LogP contribution in [0.25, 0.3) is 0 Å².